The molecule has 1 aromatic carbocycles. The number of benzene rings is 1. The SMILES string of the molecule is CCn1nc(C)cc1CC1CC(C)Nc2ccccc21. The summed E-state index contributed by atoms with van der Waals surface area (Å²) in [4.78, 5) is 0. The summed E-state index contributed by atoms with van der Waals surface area (Å²) < 4.78 is 2.14. The van der Waals surface area contributed by atoms with E-state index >= 15 is 0 Å². The third-order valence-electron chi connectivity index (χ3n) is 4.18. The highest BCUT2D eigenvalue weighted by molar-refractivity contribution is 5.55. The first-order valence-corrected chi connectivity index (χ1v) is 7.56. The van der Waals surface area contributed by atoms with E-state index in [1.807, 2.05) is 0 Å². The van der Waals surface area contributed by atoms with Gasteiger partial charge in [-0.3, -0.25) is 4.68 Å². The Hall–Kier alpha value is -1.77. The maximum absolute atomic E-state index is 4.57. The molecule has 3 nitrogen and oxygen atoms in total. The van der Waals surface area contributed by atoms with Gasteiger partial charge in [0, 0.05) is 24.0 Å². The van der Waals surface area contributed by atoms with Crippen LogP contribution in [-0.4, -0.2) is 15.8 Å². The first kappa shape index (κ1) is 13.2. The van der Waals surface area contributed by atoms with E-state index < -0.39 is 0 Å². The Labute approximate surface area is 121 Å². The van der Waals surface area contributed by atoms with Crippen molar-refractivity contribution in [2.24, 2.45) is 0 Å². The minimum Gasteiger partial charge on any atom is -0.382 e. The Morgan fingerprint density at radius 1 is 1.35 bits per heavy atom. The molecule has 2 atom stereocenters. The largest absolute Gasteiger partial charge is 0.382 e. The second-order valence-electron chi connectivity index (χ2n) is 5.86. The van der Waals surface area contributed by atoms with Gasteiger partial charge in [-0.2, -0.15) is 5.10 Å². The first-order valence-electron chi connectivity index (χ1n) is 7.56. The summed E-state index contributed by atoms with van der Waals surface area (Å²) in [5.74, 6) is 0.587. The number of rotatable bonds is 3. The molecule has 3 rings (SSSR count). The normalized spacial score (nSPS) is 21.4. The van der Waals surface area contributed by atoms with Crippen molar-refractivity contribution in [3.8, 4) is 0 Å². The van der Waals surface area contributed by atoms with Gasteiger partial charge in [-0.15, -0.1) is 0 Å². The van der Waals surface area contributed by atoms with Crippen LogP contribution in [-0.2, 0) is 13.0 Å². The van der Waals surface area contributed by atoms with Crippen LogP contribution in [0.25, 0.3) is 0 Å². The maximum atomic E-state index is 4.57. The highest BCUT2D eigenvalue weighted by atomic mass is 15.3. The average Bonchev–Trinajstić information content (AvgIpc) is 2.78. The summed E-state index contributed by atoms with van der Waals surface area (Å²) in [5, 5.41) is 8.16. The van der Waals surface area contributed by atoms with Crippen molar-refractivity contribution < 1.29 is 0 Å². The van der Waals surface area contributed by atoms with Crippen LogP contribution in [0.2, 0.25) is 0 Å². The summed E-state index contributed by atoms with van der Waals surface area (Å²) in [6, 6.07) is 11.5. The lowest BCUT2D eigenvalue weighted by atomic mass is 9.84. The van der Waals surface area contributed by atoms with Gasteiger partial charge in [0.05, 0.1) is 5.69 Å². The van der Waals surface area contributed by atoms with Gasteiger partial charge in [-0.05, 0) is 57.2 Å². The Balaban J connectivity index is 1.90. The fourth-order valence-electron chi connectivity index (χ4n) is 3.35. The van der Waals surface area contributed by atoms with E-state index in [-0.39, 0.29) is 0 Å². The molecule has 3 heteroatoms. The minimum absolute atomic E-state index is 0.536. The minimum atomic E-state index is 0.536. The zero-order valence-corrected chi connectivity index (χ0v) is 12.6. The van der Waals surface area contributed by atoms with E-state index in [1.165, 1.54) is 23.4 Å². The molecule has 2 heterocycles. The molecule has 2 unspecified atom stereocenters. The van der Waals surface area contributed by atoms with Gasteiger partial charge in [0.2, 0.25) is 0 Å². The van der Waals surface area contributed by atoms with E-state index in [0.717, 1.165) is 18.7 Å². The number of nitrogens with zero attached hydrogens (tertiary/aromatic N) is 2. The molecule has 20 heavy (non-hydrogen) atoms. The fraction of sp³-hybridized carbons (Fsp3) is 0.471. The number of fused-ring (bicyclic) bond motifs is 1. The lowest BCUT2D eigenvalue weighted by molar-refractivity contribution is 0.521. The molecule has 0 bridgehead atoms. The van der Waals surface area contributed by atoms with Gasteiger partial charge in [-0.1, -0.05) is 18.2 Å². The zero-order valence-electron chi connectivity index (χ0n) is 12.6. The average molecular weight is 269 g/mol. The highest BCUT2D eigenvalue weighted by Gasteiger charge is 2.25. The molecule has 0 aliphatic carbocycles. The van der Waals surface area contributed by atoms with Gasteiger partial charge < -0.3 is 5.32 Å². The number of aryl methyl sites for hydroxylation is 2. The molecular weight excluding hydrogens is 246 g/mol. The topological polar surface area (TPSA) is 29.9 Å². The van der Waals surface area contributed by atoms with Crippen molar-refractivity contribution in [2.45, 2.75) is 52.1 Å². The molecule has 0 fully saturated rings. The second kappa shape index (κ2) is 5.31. The van der Waals surface area contributed by atoms with Crippen molar-refractivity contribution in [1.29, 1.82) is 0 Å². The van der Waals surface area contributed by atoms with Crippen LogP contribution in [0.3, 0.4) is 0 Å². The predicted octanol–water partition coefficient (Wildman–Crippen LogP) is 3.74. The molecule has 1 aliphatic heterocycles. The van der Waals surface area contributed by atoms with E-state index in [2.05, 4.69) is 66.2 Å². The number of hydrogen-bond donors (Lipinski definition) is 1. The van der Waals surface area contributed by atoms with Gasteiger partial charge in [0.15, 0.2) is 0 Å². The van der Waals surface area contributed by atoms with Crippen LogP contribution in [0.15, 0.2) is 30.3 Å². The number of hydrogen-bond acceptors (Lipinski definition) is 2. The summed E-state index contributed by atoms with van der Waals surface area (Å²) in [6.45, 7) is 7.46. The van der Waals surface area contributed by atoms with E-state index in [0.29, 0.717) is 12.0 Å². The molecule has 2 aromatic rings. The Morgan fingerprint density at radius 2 is 2.15 bits per heavy atom. The van der Waals surface area contributed by atoms with Crippen molar-refractivity contribution in [3.63, 3.8) is 0 Å². The molecule has 1 N–H and O–H groups in total. The third-order valence-corrected chi connectivity index (χ3v) is 4.18. The Kier molecular flexibility index (Phi) is 3.51. The van der Waals surface area contributed by atoms with E-state index in [9.17, 15) is 0 Å². The quantitative estimate of drug-likeness (QED) is 0.920. The molecule has 1 aromatic heterocycles. The molecule has 106 valence electrons. The summed E-state index contributed by atoms with van der Waals surface area (Å²) in [6.07, 6.45) is 2.27. The molecule has 0 amide bonds. The first-order chi connectivity index (χ1) is 9.67. The van der Waals surface area contributed by atoms with Crippen LogP contribution >= 0.6 is 0 Å². The van der Waals surface area contributed by atoms with E-state index in [1.54, 1.807) is 0 Å². The standard InChI is InChI=1S/C17H23N3/c1-4-20-15(10-13(3)19-20)11-14-9-12(2)18-17-8-6-5-7-16(14)17/h5-8,10,12,14,18H,4,9,11H2,1-3H3. The number of nitrogens with one attached hydrogen (secondary N) is 1. The molecular formula is C17H23N3. The number of aromatic nitrogens is 2. The van der Waals surface area contributed by atoms with Gasteiger partial charge in [0.1, 0.15) is 0 Å². The Morgan fingerprint density at radius 3 is 2.95 bits per heavy atom. The van der Waals surface area contributed by atoms with Gasteiger partial charge in [-0.25, -0.2) is 0 Å². The summed E-state index contributed by atoms with van der Waals surface area (Å²) in [5.41, 5.74) is 5.23. The van der Waals surface area contributed by atoms with Crippen molar-refractivity contribution in [2.75, 3.05) is 5.32 Å². The Bertz CT molecular complexity index is 600. The molecule has 0 radical (unpaired) electrons. The van der Waals surface area contributed by atoms with Crippen LogP contribution in [0.1, 0.15) is 43.1 Å². The van der Waals surface area contributed by atoms with Crippen molar-refractivity contribution in [3.05, 3.63) is 47.3 Å². The molecule has 0 spiro atoms. The van der Waals surface area contributed by atoms with Crippen molar-refractivity contribution >= 4 is 5.69 Å². The van der Waals surface area contributed by atoms with Gasteiger partial charge >= 0.3 is 0 Å². The number of anilines is 1. The van der Waals surface area contributed by atoms with Gasteiger partial charge in [0.25, 0.3) is 0 Å². The van der Waals surface area contributed by atoms with Crippen LogP contribution in [0, 0.1) is 6.92 Å². The van der Waals surface area contributed by atoms with Crippen LogP contribution in [0.4, 0.5) is 5.69 Å². The lowest BCUT2D eigenvalue weighted by Crippen LogP contribution is -2.26. The van der Waals surface area contributed by atoms with Crippen LogP contribution < -0.4 is 5.32 Å². The molecule has 0 saturated carbocycles. The summed E-state index contributed by atoms with van der Waals surface area (Å²) >= 11 is 0. The zero-order chi connectivity index (χ0) is 14.1. The van der Waals surface area contributed by atoms with Crippen LogP contribution in [0.5, 0.6) is 0 Å². The smallest absolute Gasteiger partial charge is 0.0596 e. The van der Waals surface area contributed by atoms with Crippen molar-refractivity contribution in [1.82, 2.24) is 9.78 Å². The summed E-state index contributed by atoms with van der Waals surface area (Å²) in [7, 11) is 0. The third kappa shape index (κ3) is 2.45. The van der Waals surface area contributed by atoms with E-state index in [4.69, 9.17) is 0 Å². The second-order valence-corrected chi connectivity index (χ2v) is 5.86. The number of para-hydroxylation sites is 1. The predicted molar refractivity (Wildman–Crippen MR) is 83.2 cm³/mol. The lowest BCUT2D eigenvalue weighted by Gasteiger charge is -2.31. The molecule has 0 saturated heterocycles. The fourth-order valence-corrected chi connectivity index (χ4v) is 3.35. The molecule has 1 aliphatic rings. The monoisotopic (exact) mass is 269 g/mol. The maximum Gasteiger partial charge on any atom is 0.0596 e. The highest BCUT2D eigenvalue weighted by Crippen LogP contribution is 2.36.